The van der Waals surface area contributed by atoms with Gasteiger partial charge in [-0.3, -0.25) is 4.79 Å². The van der Waals surface area contributed by atoms with Crippen LogP contribution in [0.3, 0.4) is 0 Å². The number of ether oxygens (including phenoxy) is 3. The molecule has 146 valence electrons. The summed E-state index contributed by atoms with van der Waals surface area (Å²) in [6.45, 7) is 1.74. The zero-order chi connectivity index (χ0) is 19.5. The van der Waals surface area contributed by atoms with E-state index in [4.69, 9.17) is 14.2 Å². The lowest BCUT2D eigenvalue weighted by Crippen LogP contribution is -2.31. The fraction of sp³-hybridized carbons (Fsp3) is 0.364. The second-order valence-electron chi connectivity index (χ2n) is 7.17. The van der Waals surface area contributed by atoms with Gasteiger partial charge in [-0.25, -0.2) is 4.79 Å². The zero-order valence-corrected chi connectivity index (χ0v) is 15.8. The van der Waals surface area contributed by atoms with Crippen molar-refractivity contribution < 1.29 is 23.8 Å². The van der Waals surface area contributed by atoms with Crippen LogP contribution >= 0.6 is 0 Å². The minimum atomic E-state index is -0.574. The van der Waals surface area contributed by atoms with Gasteiger partial charge in [-0.05, 0) is 67.5 Å². The van der Waals surface area contributed by atoms with E-state index in [1.165, 1.54) is 24.0 Å². The number of aryl methyl sites for hydroxylation is 2. The van der Waals surface area contributed by atoms with Crippen LogP contribution in [0.1, 0.15) is 52.9 Å². The van der Waals surface area contributed by atoms with Gasteiger partial charge in [-0.1, -0.05) is 18.2 Å². The minimum Gasteiger partial charge on any atom is -0.454 e. The number of rotatable bonds is 5. The van der Waals surface area contributed by atoms with Crippen molar-refractivity contribution in [3.05, 3.63) is 58.7 Å². The quantitative estimate of drug-likeness (QED) is 0.804. The van der Waals surface area contributed by atoms with Crippen LogP contribution in [0.15, 0.2) is 36.4 Å². The molecule has 0 aromatic heterocycles. The molecular formula is C22H23NO5. The van der Waals surface area contributed by atoms with E-state index in [1.54, 1.807) is 18.2 Å². The number of benzene rings is 2. The molecule has 2 aliphatic rings. The van der Waals surface area contributed by atoms with E-state index < -0.39 is 5.97 Å². The van der Waals surface area contributed by atoms with Crippen molar-refractivity contribution in [2.45, 2.75) is 38.6 Å². The molecule has 0 radical (unpaired) electrons. The molecule has 1 atom stereocenters. The Morgan fingerprint density at radius 1 is 1.04 bits per heavy atom. The SMILES string of the molecule is CC(NC(=O)COC(=O)c1ccc2c(c1)OCO2)c1ccc2c(c1)CCCC2. The van der Waals surface area contributed by atoms with Crippen molar-refractivity contribution in [1.29, 1.82) is 0 Å². The Bertz CT molecular complexity index is 908. The third-order valence-corrected chi connectivity index (χ3v) is 5.19. The second-order valence-corrected chi connectivity index (χ2v) is 7.17. The lowest BCUT2D eigenvalue weighted by atomic mass is 9.89. The number of amides is 1. The molecule has 0 saturated carbocycles. The highest BCUT2D eigenvalue weighted by molar-refractivity contribution is 5.92. The highest BCUT2D eigenvalue weighted by Gasteiger charge is 2.19. The maximum atomic E-state index is 12.2. The summed E-state index contributed by atoms with van der Waals surface area (Å²) < 4.78 is 15.6. The van der Waals surface area contributed by atoms with Crippen LogP contribution in [0.4, 0.5) is 0 Å². The molecular weight excluding hydrogens is 358 g/mol. The highest BCUT2D eigenvalue weighted by Crippen LogP contribution is 2.32. The Morgan fingerprint density at radius 3 is 2.68 bits per heavy atom. The summed E-state index contributed by atoms with van der Waals surface area (Å²) in [4.78, 5) is 24.4. The molecule has 0 spiro atoms. The molecule has 1 unspecified atom stereocenters. The first-order valence-electron chi connectivity index (χ1n) is 9.58. The summed E-state index contributed by atoms with van der Waals surface area (Å²) in [6.07, 6.45) is 4.68. The third kappa shape index (κ3) is 3.96. The van der Waals surface area contributed by atoms with Crippen molar-refractivity contribution in [1.82, 2.24) is 5.32 Å². The monoisotopic (exact) mass is 381 g/mol. The first kappa shape index (κ1) is 18.3. The fourth-order valence-electron chi connectivity index (χ4n) is 3.63. The number of hydrogen-bond acceptors (Lipinski definition) is 5. The van der Waals surface area contributed by atoms with Crippen LogP contribution in [-0.4, -0.2) is 25.3 Å². The topological polar surface area (TPSA) is 73.9 Å². The lowest BCUT2D eigenvalue weighted by Gasteiger charge is -2.20. The molecule has 1 heterocycles. The summed E-state index contributed by atoms with van der Waals surface area (Å²) in [5.41, 5.74) is 4.17. The Labute approximate surface area is 163 Å². The number of carbonyl (C=O) groups excluding carboxylic acids is 2. The van der Waals surface area contributed by atoms with E-state index in [-0.39, 0.29) is 25.3 Å². The van der Waals surface area contributed by atoms with E-state index in [0.717, 1.165) is 18.4 Å². The fourth-order valence-corrected chi connectivity index (χ4v) is 3.63. The molecule has 28 heavy (non-hydrogen) atoms. The van der Waals surface area contributed by atoms with E-state index in [1.807, 2.05) is 6.92 Å². The van der Waals surface area contributed by atoms with Gasteiger partial charge in [0.25, 0.3) is 5.91 Å². The Morgan fingerprint density at radius 2 is 1.82 bits per heavy atom. The van der Waals surface area contributed by atoms with Gasteiger partial charge >= 0.3 is 5.97 Å². The van der Waals surface area contributed by atoms with Gasteiger partial charge < -0.3 is 19.5 Å². The Balaban J connectivity index is 1.31. The van der Waals surface area contributed by atoms with Gasteiger partial charge in [0, 0.05) is 0 Å². The molecule has 0 fully saturated rings. The molecule has 2 aromatic carbocycles. The molecule has 1 N–H and O–H groups in total. The van der Waals surface area contributed by atoms with Crippen LogP contribution in [-0.2, 0) is 22.4 Å². The summed E-state index contributed by atoms with van der Waals surface area (Å²) in [7, 11) is 0. The first-order valence-corrected chi connectivity index (χ1v) is 9.58. The second kappa shape index (κ2) is 7.92. The van der Waals surface area contributed by atoms with Crippen molar-refractivity contribution in [2.24, 2.45) is 0 Å². The number of fused-ring (bicyclic) bond motifs is 2. The average Bonchev–Trinajstić information content (AvgIpc) is 3.19. The molecule has 0 bridgehead atoms. The molecule has 6 nitrogen and oxygen atoms in total. The molecule has 1 aliphatic carbocycles. The van der Waals surface area contributed by atoms with Gasteiger partial charge in [0.1, 0.15) is 0 Å². The predicted molar refractivity (Wildman–Crippen MR) is 102 cm³/mol. The summed E-state index contributed by atoms with van der Waals surface area (Å²) >= 11 is 0. The van der Waals surface area contributed by atoms with Crippen LogP contribution in [0.25, 0.3) is 0 Å². The van der Waals surface area contributed by atoms with Crippen molar-refractivity contribution in [2.75, 3.05) is 13.4 Å². The number of carbonyl (C=O) groups is 2. The smallest absolute Gasteiger partial charge is 0.338 e. The molecule has 1 aliphatic heterocycles. The average molecular weight is 381 g/mol. The van der Waals surface area contributed by atoms with Crippen LogP contribution < -0.4 is 14.8 Å². The molecule has 1 amide bonds. The van der Waals surface area contributed by atoms with E-state index in [2.05, 4.69) is 23.5 Å². The van der Waals surface area contributed by atoms with Gasteiger partial charge in [0.2, 0.25) is 6.79 Å². The summed E-state index contributed by atoms with van der Waals surface area (Å²) in [5, 5.41) is 2.89. The maximum Gasteiger partial charge on any atom is 0.338 e. The maximum absolute atomic E-state index is 12.2. The predicted octanol–water partition coefficient (Wildman–Crippen LogP) is 3.33. The molecule has 4 rings (SSSR count). The third-order valence-electron chi connectivity index (χ3n) is 5.19. The first-order chi connectivity index (χ1) is 13.6. The van der Waals surface area contributed by atoms with Crippen molar-refractivity contribution in [3.63, 3.8) is 0 Å². The zero-order valence-electron chi connectivity index (χ0n) is 15.8. The van der Waals surface area contributed by atoms with E-state index in [9.17, 15) is 9.59 Å². The Kier molecular flexibility index (Phi) is 5.19. The standard InChI is InChI=1S/C22H23NO5/c1-14(16-7-6-15-4-2-3-5-17(15)10-16)23-21(24)12-26-22(25)18-8-9-19-20(11-18)28-13-27-19/h6-11,14H,2-5,12-13H2,1H3,(H,23,24). The number of esters is 1. The van der Waals surface area contributed by atoms with Gasteiger partial charge in [0.05, 0.1) is 11.6 Å². The van der Waals surface area contributed by atoms with Crippen molar-refractivity contribution >= 4 is 11.9 Å². The largest absolute Gasteiger partial charge is 0.454 e. The van der Waals surface area contributed by atoms with Crippen LogP contribution in [0.2, 0.25) is 0 Å². The summed E-state index contributed by atoms with van der Waals surface area (Å²) in [5.74, 6) is 0.183. The lowest BCUT2D eigenvalue weighted by molar-refractivity contribution is -0.124. The molecule has 2 aromatic rings. The number of hydrogen-bond donors (Lipinski definition) is 1. The van der Waals surface area contributed by atoms with Gasteiger partial charge in [-0.15, -0.1) is 0 Å². The number of nitrogens with one attached hydrogen (secondary N) is 1. The normalized spacial score (nSPS) is 15.5. The highest BCUT2D eigenvalue weighted by atomic mass is 16.7. The molecule has 6 heteroatoms. The van der Waals surface area contributed by atoms with Gasteiger partial charge in [-0.2, -0.15) is 0 Å². The van der Waals surface area contributed by atoms with Crippen LogP contribution in [0.5, 0.6) is 11.5 Å². The minimum absolute atomic E-state index is 0.136. The van der Waals surface area contributed by atoms with Crippen LogP contribution in [0, 0.1) is 0 Å². The molecule has 0 saturated heterocycles. The van der Waals surface area contributed by atoms with E-state index >= 15 is 0 Å². The van der Waals surface area contributed by atoms with Gasteiger partial charge in [0.15, 0.2) is 18.1 Å². The Hall–Kier alpha value is -3.02. The van der Waals surface area contributed by atoms with E-state index in [0.29, 0.717) is 17.1 Å². The summed E-state index contributed by atoms with van der Waals surface area (Å²) in [6, 6.07) is 11.0. The van der Waals surface area contributed by atoms with Crippen molar-refractivity contribution in [3.8, 4) is 11.5 Å².